The number of methoxy groups -OCH3 is 1. The van der Waals surface area contributed by atoms with Crippen LogP contribution in [0, 0.1) is 6.92 Å². The van der Waals surface area contributed by atoms with Crippen molar-refractivity contribution in [1.82, 2.24) is 10.2 Å². The molecule has 4 rings (SSSR count). The molecule has 240 valence electrons. The number of amides is 3. The summed E-state index contributed by atoms with van der Waals surface area (Å²) < 4.78 is 60.2. The molecule has 1 heterocycles. The van der Waals surface area contributed by atoms with Gasteiger partial charge in [-0.3, -0.25) is 9.59 Å². The molecular weight excluding hydrogens is 579 g/mol. The maximum atomic E-state index is 14.6. The lowest BCUT2D eigenvalue weighted by Crippen LogP contribution is -2.58. The summed E-state index contributed by atoms with van der Waals surface area (Å²) in [4.78, 5) is 42.4. The topological polar surface area (TPSA) is 97.4 Å². The molecule has 1 saturated carbocycles. The highest BCUT2D eigenvalue weighted by atomic mass is 19.4. The average molecular weight is 620 g/mol. The van der Waals surface area contributed by atoms with Gasteiger partial charge in [0.2, 0.25) is 5.60 Å². The van der Waals surface area contributed by atoms with E-state index in [-0.39, 0.29) is 43.2 Å². The van der Waals surface area contributed by atoms with Crippen molar-refractivity contribution in [2.24, 2.45) is 0 Å². The average Bonchev–Trinajstić information content (AvgIpc) is 2.98. The number of carbonyl (C=O) groups excluding carboxylic acids is 3. The van der Waals surface area contributed by atoms with Gasteiger partial charge in [0.1, 0.15) is 18.1 Å². The second-order valence-corrected chi connectivity index (χ2v) is 11.8. The molecule has 2 aromatic carbocycles. The number of hydrogen-bond acceptors (Lipinski definition) is 6. The normalized spacial score (nSPS) is 18.8. The molecule has 2 aromatic rings. The van der Waals surface area contributed by atoms with Crippen LogP contribution in [0.3, 0.4) is 0 Å². The van der Waals surface area contributed by atoms with E-state index in [1.165, 1.54) is 23.8 Å². The summed E-state index contributed by atoms with van der Waals surface area (Å²) in [7, 11) is 1.19. The van der Waals surface area contributed by atoms with Gasteiger partial charge in [0.25, 0.3) is 11.8 Å². The van der Waals surface area contributed by atoms with Gasteiger partial charge in [-0.15, -0.1) is 0 Å². The highest BCUT2D eigenvalue weighted by Gasteiger charge is 2.48. The zero-order chi connectivity index (χ0) is 32.2. The summed E-state index contributed by atoms with van der Waals surface area (Å²) in [6.45, 7) is 6.41. The molecule has 1 aliphatic heterocycles. The highest BCUT2D eigenvalue weighted by molar-refractivity contribution is 6.05. The maximum Gasteiger partial charge on any atom is 0.417 e. The smallest absolute Gasteiger partial charge is 0.417 e. The fourth-order valence-electron chi connectivity index (χ4n) is 5.78. The van der Waals surface area contributed by atoms with E-state index in [0.717, 1.165) is 37.0 Å². The number of alkyl halides is 3. The summed E-state index contributed by atoms with van der Waals surface area (Å²) in [6, 6.07) is 8.42. The fraction of sp³-hybridized carbons (Fsp3) is 0.531. The van der Waals surface area contributed by atoms with Crippen LogP contribution in [0.25, 0.3) is 0 Å². The van der Waals surface area contributed by atoms with Crippen LogP contribution in [0.5, 0.6) is 11.5 Å². The summed E-state index contributed by atoms with van der Waals surface area (Å²) >= 11 is 0. The van der Waals surface area contributed by atoms with Gasteiger partial charge in [0.15, 0.2) is 0 Å². The van der Waals surface area contributed by atoms with Gasteiger partial charge in [-0.25, -0.2) is 4.79 Å². The zero-order valence-electron chi connectivity index (χ0n) is 25.8. The van der Waals surface area contributed by atoms with Crippen LogP contribution >= 0.6 is 0 Å². The number of nitrogens with zero attached hydrogens (tertiary/aromatic N) is 2. The lowest BCUT2D eigenvalue weighted by atomic mass is 9.92. The minimum atomic E-state index is -4.88. The second-order valence-electron chi connectivity index (χ2n) is 11.8. The van der Waals surface area contributed by atoms with Crippen molar-refractivity contribution in [3.63, 3.8) is 0 Å². The van der Waals surface area contributed by atoms with Gasteiger partial charge in [-0.1, -0.05) is 37.0 Å². The Labute approximate surface area is 255 Å². The zero-order valence-corrected chi connectivity index (χ0v) is 25.8. The quantitative estimate of drug-likeness (QED) is 0.364. The molecule has 0 bridgehead atoms. The third kappa shape index (κ3) is 7.22. The molecule has 0 spiro atoms. The molecule has 12 heteroatoms. The number of rotatable bonds is 9. The van der Waals surface area contributed by atoms with Crippen LogP contribution in [0.15, 0.2) is 36.4 Å². The Kier molecular flexibility index (Phi) is 10.00. The Morgan fingerprint density at radius 3 is 2.39 bits per heavy atom. The number of ether oxygens (including phenoxy) is 3. The van der Waals surface area contributed by atoms with Gasteiger partial charge in [-0.05, 0) is 64.8 Å². The van der Waals surface area contributed by atoms with Gasteiger partial charge >= 0.3 is 12.3 Å². The molecule has 44 heavy (non-hydrogen) atoms. The van der Waals surface area contributed by atoms with E-state index in [9.17, 15) is 27.6 Å². The molecule has 0 saturated heterocycles. The standard InChI is InChI=1S/C32H40F3N3O6/c1-20(2)38(22-9-7-6-8-10-22)28(39)24-17-26-27(18-25(24)32(33,34)35)44-31(4,19-43-23-13-11-21(3)12-14-23)29(40)37(26)16-15-36-30(41)42-5/h11-14,17-18,20,22H,6-10,15-16,19H2,1-5H3,(H,36,41). The van der Waals surface area contributed by atoms with Gasteiger partial charge < -0.3 is 29.3 Å². The first-order valence-corrected chi connectivity index (χ1v) is 14.9. The van der Waals surface area contributed by atoms with E-state index in [0.29, 0.717) is 18.6 Å². The molecule has 1 fully saturated rings. The fourth-order valence-corrected chi connectivity index (χ4v) is 5.78. The first-order valence-electron chi connectivity index (χ1n) is 14.9. The number of benzene rings is 2. The predicted molar refractivity (Wildman–Crippen MR) is 158 cm³/mol. The van der Waals surface area contributed by atoms with Gasteiger partial charge in [0, 0.05) is 25.2 Å². The second kappa shape index (κ2) is 13.4. The highest BCUT2D eigenvalue weighted by Crippen LogP contribution is 2.45. The molecular formula is C32H40F3N3O6. The number of anilines is 1. The predicted octanol–water partition coefficient (Wildman–Crippen LogP) is 6.12. The molecule has 1 atom stereocenters. The van der Waals surface area contributed by atoms with E-state index in [2.05, 4.69) is 10.1 Å². The van der Waals surface area contributed by atoms with E-state index >= 15 is 0 Å². The van der Waals surface area contributed by atoms with Crippen molar-refractivity contribution in [3.8, 4) is 11.5 Å². The minimum absolute atomic E-state index is 0.00169. The van der Waals surface area contributed by atoms with Crippen molar-refractivity contribution in [1.29, 1.82) is 0 Å². The lowest BCUT2D eigenvalue weighted by Gasteiger charge is -2.41. The third-order valence-corrected chi connectivity index (χ3v) is 8.04. The maximum absolute atomic E-state index is 14.6. The molecule has 0 aromatic heterocycles. The first-order chi connectivity index (χ1) is 20.7. The summed E-state index contributed by atoms with van der Waals surface area (Å²) in [5.41, 5.74) is -2.43. The first kappa shape index (κ1) is 32.9. The van der Waals surface area contributed by atoms with Crippen LogP contribution < -0.4 is 19.7 Å². The molecule has 9 nitrogen and oxygen atoms in total. The number of halogens is 3. The van der Waals surface area contributed by atoms with Crippen molar-refractivity contribution in [2.45, 2.75) is 83.7 Å². The van der Waals surface area contributed by atoms with Crippen molar-refractivity contribution < 1.29 is 41.8 Å². The minimum Gasteiger partial charge on any atom is -0.489 e. The van der Waals surface area contributed by atoms with Crippen LogP contribution in [0.1, 0.15) is 74.4 Å². The number of nitrogens with one attached hydrogen (secondary N) is 1. The molecule has 1 N–H and O–H groups in total. The number of hydrogen-bond donors (Lipinski definition) is 1. The largest absolute Gasteiger partial charge is 0.489 e. The van der Waals surface area contributed by atoms with Crippen LogP contribution in [0.2, 0.25) is 0 Å². The number of fused-ring (bicyclic) bond motifs is 1. The Bertz CT molecular complexity index is 1360. The Hall–Kier alpha value is -3.96. The van der Waals surface area contributed by atoms with Gasteiger partial charge in [-0.2, -0.15) is 13.2 Å². The van der Waals surface area contributed by atoms with E-state index in [1.54, 1.807) is 26.0 Å². The third-order valence-electron chi connectivity index (χ3n) is 8.04. The lowest BCUT2D eigenvalue weighted by molar-refractivity contribution is -0.139. The van der Waals surface area contributed by atoms with Crippen molar-refractivity contribution >= 4 is 23.6 Å². The SMILES string of the molecule is COC(=O)NCCN1C(=O)C(C)(COc2ccc(C)cc2)Oc2cc(C(F)(F)F)c(C(=O)N(C(C)C)C3CCCCC3)cc21. The van der Waals surface area contributed by atoms with Crippen LogP contribution in [-0.2, 0) is 15.7 Å². The molecule has 1 unspecified atom stereocenters. The number of aryl methyl sites for hydroxylation is 1. The Balaban J connectivity index is 1.77. The Morgan fingerprint density at radius 2 is 1.80 bits per heavy atom. The van der Waals surface area contributed by atoms with Gasteiger partial charge in [0.05, 0.1) is 23.9 Å². The summed E-state index contributed by atoms with van der Waals surface area (Å²) in [5, 5.41) is 2.49. The number of carbonyl (C=O) groups is 3. The van der Waals surface area contributed by atoms with E-state index in [4.69, 9.17) is 9.47 Å². The Morgan fingerprint density at radius 1 is 1.14 bits per heavy atom. The van der Waals surface area contributed by atoms with Crippen molar-refractivity contribution in [3.05, 3.63) is 53.1 Å². The summed E-state index contributed by atoms with van der Waals surface area (Å²) in [6.07, 6.45) is -1.39. The molecule has 0 radical (unpaired) electrons. The van der Waals surface area contributed by atoms with E-state index in [1.807, 2.05) is 19.1 Å². The monoisotopic (exact) mass is 619 g/mol. The van der Waals surface area contributed by atoms with E-state index < -0.39 is 40.8 Å². The molecule has 3 amide bonds. The van der Waals surface area contributed by atoms with Crippen molar-refractivity contribution in [2.75, 3.05) is 31.7 Å². The molecule has 1 aliphatic carbocycles. The molecule has 2 aliphatic rings. The van der Waals surface area contributed by atoms with Crippen LogP contribution in [-0.4, -0.2) is 67.3 Å². The number of alkyl carbamates (subject to hydrolysis) is 1. The summed E-state index contributed by atoms with van der Waals surface area (Å²) in [5.74, 6) is -1.13. The van der Waals surface area contributed by atoms with Crippen LogP contribution in [0.4, 0.5) is 23.7 Å².